The largest absolute Gasteiger partial charge is 0.493 e. The van der Waals surface area contributed by atoms with E-state index in [0.29, 0.717) is 17.1 Å². The molecular weight excluding hydrogens is 356 g/mol. The lowest BCUT2D eigenvalue weighted by Gasteiger charge is -2.48. The maximum atomic E-state index is 12.9. The zero-order chi connectivity index (χ0) is 20.4. The summed E-state index contributed by atoms with van der Waals surface area (Å²) in [5.41, 5.74) is 0.367. The lowest BCUT2D eigenvalue weighted by molar-refractivity contribution is -0.0615. The van der Waals surface area contributed by atoms with Crippen molar-refractivity contribution in [2.24, 2.45) is 5.41 Å². The fraction of sp³-hybridized carbons (Fsp3) is 0.682. The van der Waals surface area contributed by atoms with Crippen molar-refractivity contribution in [1.82, 2.24) is 9.80 Å². The minimum Gasteiger partial charge on any atom is -0.493 e. The Labute approximate surface area is 168 Å². The van der Waals surface area contributed by atoms with E-state index in [1.165, 1.54) is 0 Å². The highest BCUT2D eigenvalue weighted by atomic mass is 16.5. The van der Waals surface area contributed by atoms with Crippen LogP contribution in [0.15, 0.2) is 18.2 Å². The van der Waals surface area contributed by atoms with E-state index in [4.69, 9.17) is 9.47 Å². The summed E-state index contributed by atoms with van der Waals surface area (Å²) in [4.78, 5) is 17.0. The molecule has 3 rings (SSSR count). The van der Waals surface area contributed by atoms with Gasteiger partial charge in [0.15, 0.2) is 11.5 Å². The summed E-state index contributed by atoms with van der Waals surface area (Å²) in [7, 11) is 7.20. The van der Waals surface area contributed by atoms with Gasteiger partial charge < -0.3 is 24.4 Å². The van der Waals surface area contributed by atoms with Gasteiger partial charge in [0.1, 0.15) is 0 Å². The fourth-order valence-corrected chi connectivity index (χ4v) is 4.83. The third-order valence-electron chi connectivity index (χ3n) is 6.59. The monoisotopic (exact) mass is 390 g/mol. The zero-order valence-corrected chi connectivity index (χ0v) is 17.7. The number of likely N-dealkylation sites (N-methyl/N-ethyl adjacent to an activating group) is 1. The maximum Gasteiger partial charge on any atom is 0.253 e. The van der Waals surface area contributed by atoms with E-state index >= 15 is 0 Å². The molecule has 0 atom stereocenters. The average molecular weight is 391 g/mol. The molecule has 6 nitrogen and oxygen atoms in total. The van der Waals surface area contributed by atoms with Gasteiger partial charge in [0.25, 0.3) is 5.91 Å². The van der Waals surface area contributed by atoms with Crippen molar-refractivity contribution in [2.45, 2.75) is 44.1 Å². The van der Waals surface area contributed by atoms with Gasteiger partial charge in [-0.25, -0.2) is 0 Å². The summed E-state index contributed by atoms with van der Waals surface area (Å²) in [6.45, 7) is 2.28. The van der Waals surface area contributed by atoms with Gasteiger partial charge in [-0.05, 0) is 76.2 Å². The molecule has 0 radical (unpaired) electrons. The first-order chi connectivity index (χ1) is 13.3. The van der Waals surface area contributed by atoms with Gasteiger partial charge in [-0.3, -0.25) is 4.79 Å². The molecule has 1 saturated heterocycles. The summed E-state index contributed by atoms with van der Waals surface area (Å²) in [5.74, 6) is 1.26. The highest BCUT2D eigenvalue weighted by molar-refractivity contribution is 5.95. The number of nitrogens with zero attached hydrogens (tertiary/aromatic N) is 2. The molecule has 28 heavy (non-hydrogen) atoms. The minimum absolute atomic E-state index is 0.0516. The predicted octanol–water partition coefficient (Wildman–Crippen LogP) is 2.79. The Hall–Kier alpha value is -1.79. The second-order valence-corrected chi connectivity index (χ2v) is 8.82. The lowest BCUT2D eigenvalue weighted by atomic mass is 9.64. The second kappa shape index (κ2) is 8.29. The number of amides is 1. The first-order valence-corrected chi connectivity index (χ1v) is 10.2. The number of aliphatic hydroxyl groups is 1. The van der Waals surface area contributed by atoms with Crippen LogP contribution in [0.5, 0.6) is 11.5 Å². The Balaban J connectivity index is 1.59. The van der Waals surface area contributed by atoms with E-state index < -0.39 is 5.60 Å². The third kappa shape index (κ3) is 4.44. The van der Waals surface area contributed by atoms with Crippen LogP contribution < -0.4 is 9.47 Å². The maximum absolute atomic E-state index is 12.9. The average Bonchev–Trinajstić information content (AvgIpc) is 2.69. The normalized spacial score (nSPS) is 21.0. The molecule has 1 aromatic carbocycles. The SMILES string of the molecule is COc1ccc(C(=O)N2CCC3(CC2)CCC(O)(CN(C)C)CC3)cc1OC. The number of likely N-dealkylation sites (tertiary alicyclic amines) is 1. The summed E-state index contributed by atoms with van der Waals surface area (Å²) < 4.78 is 10.6. The number of hydrogen-bond donors (Lipinski definition) is 1. The fourth-order valence-electron chi connectivity index (χ4n) is 4.83. The summed E-state index contributed by atoms with van der Waals surface area (Å²) in [6.07, 6.45) is 5.85. The van der Waals surface area contributed by atoms with Crippen LogP contribution in [0.1, 0.15) is 48.9 Å². The second-order valence-electron chi connectivity index (χ2n) is 8.82. The van der Waals surface area contributed by atoms with Crippen molar-refractivity contribution in [1.29, 1.82) is 0 Å². The molecule has 2 fully saturated rings. The minimum atomic E-state index is -0.554. The first-order valence-electron chi connectivity index (χ1n) is 10.2. The molecule has 2 aliphatic rings. The molecule has 1 aliphatic carbocycles. The van der Waals surface area contributed by atoms with Crippen LogP contribution in [0.2, 0.25) is 0 Å². The third-order valence-corrected chi connectivity index (χ3v) is 6.59. The van der Waals surface area contributed by atoms with Crippen LogP contribution >= 0.6 is 0 Å². The molecular formula is C22H34N2O4. The number of benzene rings is 1. The Kier molecular flexibility index (Phi) is 6.20. The van der Waals surface area contributed by atoms with Crippen LogP contribution in [0.3, 0.4) is 0 Å². The van der Waals surface area contributed by atoms with Gasteiger partial charge in [-0.2, -0.15) is 0 Å². The molecule has 1 saturated carbocycles. The Morgan fingerprint density at radius 2 is 1.64 bits per heavy atom. The lowest BCUT2D eigenvalue weighted by Crippen LogP contribution is -2.49. The predicted molar refractivity (Wildman–Crippen MR) is 109 cm³/mol. The van der Waals surface area contributed by atoms with Crippen LogP contribution in [0, 0.1) is 5.41 Å². The molecule has 1 amide bonds. The Bertz CT molecular complexity index is 686. The summed E-state index contributed by atoms with van der Waals surface area (Å²) in [5, 5.41) is 10.8. The van der Waals surface area contributed by atoms with E-state index in [1.807, 2.05) is 19.0 Å². The van der Waals surface area contributed by atoms with Crippen molar-refractivity contribution in [2.75, 3.05) is 47.9 Å². The number of rotatable bonds is 5. The van der Waals surface area contributed by atoms with Gasteiger partial charge in [-0.15, -0.1) is 0 Å². The summed E-state index contributed by atoms with van der Waals surface area (Å²) in [6, 6.07) is 5.34. The number of piperidine rings is 1. The van der Waals surface area contributed by atoms with Crippen LogP contribution in [0.4, 0.5) is 0 Å². The quantitative estimate of drug-likeness (QED) is 0.838. The summed E-state index contributed by atoms with van der Waals surface area (Å²) >= 11 is 0. The van der Waals surface area contributed by atoms with Crippen molar-refractivity contribution in [3.63, 3.8) is 0 Å². The van der Waals surface area contributed by atoms with Crippen LogP contribution in [-0.4, -0.2) is 74.4 Å². The Morgan fingerprint density at radius 3 is 2.18 bits per heavy atom. The van der Waals surface area contributed by atoms with Crippen molar-refractivity contribution < 1.29 is 19.4 Å². The van der Waals surface area contributed by atoms with Crippen molar-refractivity contribution >= 4 is 5.91 Å². The van der Waals surface area contributed by atoms with Crippen LogP contribution in [0.25, 0.3) is 0 Å². The van der Waals surface area contributed by atoms with Crippen molar-refractivity contribution in [3.8, 4) is 11.5 Å². The number of carbonyl (C=O) groups is 1. The molecule has 6 heteroatoms. The van der Waals surface area contributed by atoms with E-state index in [-0.39, 0.29) is 11.3 Å². The van der Waals surface area contributed by atoms with Gasteiger partial charge in [0, 0.05) is 25.2 Å². The Morgan fingerprint density at radius 1 is 1.04 bits per heavy atom. The molecule has 1 aliphatic heterocycles. The molecule has 0 unspecified atom stereocenters. The number of ether oxygens (including phenoxy) is 2. The van der Waals surface area contributed by atoms with Crippen molar-refractivity contribution in [3.05, 3.63) is 23.8 Å². The van der Waals surface area contributed by atoms with E-state index in [2.05, 4.69) is 4.90 Å². The number of carbonyl (C=O) groups excluding carboxylic acids is 1. The molecule has 1 spiro atoms. The molecule has 1 aromatic rings. The zero-order valence-electron chi connectivity index (χ0n) is 17.7. The van der Waals surface area contributed by atoms with Gasteiger partial charge in [0.2, 0.25) is 0 Å². The molecule has 0 aromatic heterocycles. The molecule has 0 bridgehead atoms. The smallest absolute Gasteiger partial charge is 0.253 e. The van der Waals surface area contributed by atoms with Gasteiger partial charge in [0.05, 0.1) is 19.8 Å². The van der Waals surface area contributed by atoms with Gasteiger partial charge >= 0.3 is 0 Å². The van der Waals surface area contributed by atoms with E-state index in [0.717, 1.165) is 58.2 Å². The highest BCUT2D eigenvalue weighted by Crippen LogP contribution is 2.47. The van der Waals surface area contributed by atoms with Crippen LogP contribution in [-0.2, 0) is 0 Å². The number of methoxy groups -OCH3 is 2. The standard InChI is InChI=1S/C22H34N2O4/c1-23(2)16-22(26)9-7-21(8-10-22)11-13-24(14-12-21)20(25)17-5-6-18(27-3)19(15-17)28-4/h5-6,15,26H,7-14,16H2,1-4H3. The number of hydrogen-bond acceptors (Lipinski definition) is 5. The highest BCUT2D eigenvalue weighted by Gasteiger charge is 2.43. The topological polar surface area (TPSA) is 62.2 Å². The first kappa shape index (κ1) is 20.9. The molecule has 1 N–H and O–H groups in total. The van der Waals surface area contributed by atoms with E-state index in [9.17, 15) is 9.90 Å². The van der Waals surface area contributed by atoms with E-state index in [1.54, 1.807) is 32.4 Å². The molecule has 1 heterocycles. The van der Waals surface area contributed by atoms with Gasteiger partial charge in [-0.1, -0.05) is 0 Å². The molecule has 156 valence electrons.